The number of benzene rings is 1. The predicted molar refractivity (Wildman–Crippen MR) is 108 cm³/mol. The third kappa shape index (κ3) is 5.34. The van der Waals surface area contributed by atoms with Gasteiger partial charge in [0.05, 0.1) is 11.7 Å². The SMILES string of the molecule is CCC(OC1CCCCC1)C(=O)N1CCC(Cc2ccccc2C(=O)O)CC1. The fourth-order valence-corrected chi connectivity index (χ4v) is 4.54. The van der Waals surface area contributed by atoms with E-state index >= 15 is 0 Å². The van der Waals surface area contributed by atoms with Gasteiger partial charge in [0.2, 0.25) is 0 Å². The lowest BCUT2D eigenvalue weighted by atomic mass is 9.88. The molecule has 5 nitrogen and oxygen atoms in total. The van der Waals surface area contributed by atoms with E-state index in [-0.39, 0.29) is 18.1 Å². The Labute approximate surface area is 168 Å². The van der Waals surface area contributed by atoms with Crippen molar-refractivity contribution in [1.82, 2.24) is 4.90 Å². The molecule has 1 aromatic rings. The van der Waals surface area contributed by atoms with Crippen LogP contribution in [0.15, 0.2) is 24.3 Å². The fourth-order valence-electron chi connectivity index (χ4n) is 4.54. The molecule has 2 fully saturated rings. The summed E-state index contributed by atoms with van der Waals surface area (Å²) >= 11 is 0. The normalized spacial score (nSPS) is 20.1. The lowest BCUT2D eigenvalue weighted by molar-refractivity contribution is -0.150. The first-order valence-electron chi connectivity index (χ1n) is 10.8. The van der Waals surface area contributed by atoms with Gasteiger partial charge in [-0.1, -0.05) is 44.4 Å². The number of carbonyl (C=O) groups is 2. The lowest BCUT2D eigenvalue weighted by Crippen LogP contribution is -2.46. The van der Waals surface area contributed by atoms with Crippen molar-refractivity contribution in [3.63, 3.8) is 0 Å². The molecule has 1 heterocycles. The molecule has 0 bridgehead atoms. The molecule has 1 aliphatic carbocycles. The van der Waals surface area contributed by atoms with Crippen molar-refractivity contribution in [2.45, 2.75) is 76.9 Å². The minimum atomic E-state index is -0.867. The summed E-state index contributed by atoms with van der Waals surface area (Å²) in [7, 11) is 0. The van der Waals surface area contributed by atoms with Crippen molar-refractivity contribution < 1.29 is 19.4 Å². The smallest absolute Gasteiger partial charge is 0.335 e. The second-order valence-corrected chi connectivity index (χ2v) is 8.23. The van der Waals surface area contributed by atoms with Crippen LogP contribution in [-0.2, 0) is 16.0 Å². The maximum Gasteiger partial charge on any atom is 0.335 e. The van der Waals surface area contributed by atoms with E-state index in [1.807, 2.05) is 24.0 Å². The molecule has 1 atom stereocenters. The minimum Gasteiger partial charge on any atom is -0.478 e. The number of carboxylic acid groups (broad SMARTS) is 1. The molecule has 3 rings (SSSR count). The first kappa shape index (κ1) is 20.8. The molecule has 2 aliphatic rings. The Morgan fingerprint density at radius 1 is 1.11 bits per heavy atom. The zero-order valence-electron chi connectivity index (χ0n) is 16.9. The summed E-state index contributed by atoms with van der Waals surface area (Å²) in [4.78, 5) is 26.3. The van der Waals surface area contributed by atoms with Crippen LogP contribution in [0.1, 0.15) is 74.2 Å². The number of ether oxygens (including phenoxy) is 1. The van der Waals surface area contributed by atoms with Gasteiger partial charge in [0.1, 0.15) is 6.10 Å². The molecule has 0 spiro atoms. The number of rotatable bonds is 7. The summed E-state index contributed by atoms with van der Waals surface area (Å²) in [5.41, 5.74) is 1.29. The number of hydrogen-bond acceptors (Lipinski definition) is 3. The summed E-state index contributed by atoms with van der Waals surface area (Å²) in [5.74, 6) is -0.310. The molecule has 1 saturated carbocycles. The van der Waals surface area contributed by atoms with Crippen molar-refractivity contribution in [3.8, 4) is 0 Å². The van der Waals surface area contributed by atoms with E-state index in [2.05, 4.69) is 0 Å². The predicted octanol–water partition coefficient (Wildman–Crippen LogP) is 4.29. The van der Waals surface area contributed by atoms with Gasteiger partial charge in [0.15, 0.2) is 0 Å². The Hall–Kier alpha value is -1.88. The van der Waals surface area contributed by atoms with E-state index in [1.54, 1.807) is 12.1 Å². The highest BCUT2D eigenvalue weighted by atomic mass is 16.5. The molecule has 1 aromatic carbocycles. The van der Waals surface area contributed by atoms with Crippen molar-refractivity contribution in [3.05, 3.63) is 35.4 Å². The second kappa shape index (κ2) is 10.1. The van der Waals surface area contributed by atoms with E-state index in [0.717, 1.165) is 57.2 Å². The first-order chi connectivity index (χ1) is 13.6. The number of hydrogen-bond donors (Lipinski definition) is 1. The average Bonchev–Trinajstić information content (AvgIpc) is 2.73. The molecule has 1 unspecified atom stereocenters. The third-order valence-electron chi connectivity index (χ3n) is 6.24. The van der Waals surface area contributed by atoms with Crippen LogP contribution in [-0.4, -0.2) is 47.2 Å². The number of amides is 1. The van der Waals surface area contributed by atoms with Gasteiger partial charge in [-0.15, -0.1) is 0 Å². The van der Waals surface area contributed by atoms with E-state index in [1.165, 1.54) is 19.3 Å². The highest BCUT2D eigenvalue weighted by Crippen LogP contribution is 2.26. The fraction of sp³-hybridized carbons (Fsp3) is 0.652. The average molecular weight is 388 g/mol. The number of aromatic carboxylic acids is 1. The molecule has 1 N–H and O–H groups in total. The van der Waals surface area contributed by atoms with Crippen molar-refractivity contribution in [2.24, 2.45) is 5.92 Å². The summed E-state index contributed by atoms with van der Waals surface area (Å²) in [6, 6.07) is 7.25. The summed E-state index contributed by atoms with van der Waals surface area (Å²) in [6.45, 7) is 3.51. The number of nitrogens with zero attached hydrogens (tertiary/aromatic N) is 1. The van der Waals surface area contributed by atoms with Gasteiger partial charge >= 0.3 is 5.97 Å². The van der Waals surface area contributed by atoms with E-state index in [0.29, 0.717) is 11.5 Å². The molecule has 0 radical (unpaired) electrons. The Morgan fingerprint density at radius 3 is 2.43 bits per heavy atom. The van der Waals surface area contributed by atoms with Crippen LogP contribution in [0.2, 0.25) is 0 Å². The number of carbonyl (C=O) groups excluding carboxylic acids is 1. The molecule has 154 valence electrons. The Morgan fingerprint density at radius 2 is 1.79 bits per heavy atom. The Balaban J connectivity index is 1.51. The molecule has 1 aliphatic heterocycles. The molecule has 1 amide bonds. The van der Waals surface area contributed by atoms with E-state index in [4.69, 9.17) is 4.74 Å². The van der Waals surface area contributed by atoms with Gasteiger partial charge in [0, 0.05) is 13.1 Å². The highest BCUT2D eigenvalue weighted by Gasteiger charge is 2.30. The topological polar surface area (TPSA) is 66.8 Å². The number of carboxylic acids is 1. The van der Waals surface area contributed by atoms with Gasteiger partial charge in [-0.25, -0.2) is 4.79 Å². The van der Waals surface area contributed by atoms with E-state index < -0.39 is 5.97 Å². The minimum absolute atomic E-state index is 0.137. The van der Waals surface area contributed by atoms with E-state index in [9.17, 15) is 14.7 Å². The number of piperidine rings is 1. The molecule has 1 saturated heterocycles. The van der Waals surface area contributed by atoms with Gasteiger partial charge in [-0.3, -0.25) is 4.79 Å². The summed E-state index contributed by atoms with van der Waals surface area (Å²) in [5, 5.41) is 9.37. The second-order valence-electron chi connectivity index (χ2n) is 8.23. The van der Waals surface area contributed by atoms with Crippen LogP contribution in [0.4, 0.5) is 0 Å². The summed E-state index contributed by atoms with van der Waals surface area (Å²) < 4.78 is 6.16. The van der Waals surface area contributed by atoms with Crippen LogP contribution in [0, 0.1) is 5.92 Å². The monoisotopic (exact) mass is 387 g/mol. The standard InChI is InChI=1S/C23H33NO4/c1-2-21(28-19-9-4-3-5-10-19)22(25)24-14-12-17(13-15-24)16-18-8-6-7-11-20(18)23(26)27/h6-8,11,17,19,21H,2-5,9-10,12-16H2,1H3,(H,26,27). The van der Waals surface area contributed by atoms with Gasteiger partial charge < -0.3 is 14.7 Å². The van der Waals surface area contributed by atoms with Gasteiger partial charge in [-0.05, 0) is 56.1 Å². The first-order valence-corrected chi connectivity index (χ1v) is 10.8. The van der Waals surface area contributed by atoms with Gasteiger partial charge in [0.25, 0.3) is 5.91 Å². The zero-order valence-corrected chi connectivity index (χ0v) is 16.9. The maximum atomic E-state index is 12.9. The van der Waals surface area contributed by atoms with Crippen molar-refractivity contribution in [1.29, 1.82) is 0 Å². The zero-order chi connectivity index (χ0) is 19.9. The third-order valence-corrected chi connectivity index (χ3v) is 6.24. The Kier molecular flexibility index (Phi) is 7.49. The van der Waals surface area contributed by atoms with Crippen LogP contribution in [0.3, 0.4) is 0 Å². The van der Waals surface area contributed by atoms with Crippen molar-refractivity contribution >= 4 is 11.9 Å². The molecule has 0 aromatic heterocycles. The molecule has 5 heteroatoms. The lowest BCUT2D eigenvalue weighted by Gasteiger charge is -2.35. The molecule has 28 heavy (non-hydrogen) atoms. The van der Waals surface area contributed by atoms with Crippen LogP contribution in [0.25, 0.3) is 0 Å². The van der Waals surface area contributed by atoms with Gasteiger partial charge in [-0.2, -0.15) is 0 Å². The quantitative estimate of drug-likeness (QED) is 0.758. The van der Waals surface area contributed by atoms with Crippen LogP contribution < -0.4 is 0 Å². The maximum absolute atomic E-state index is 12.9. The van der Waals surface area contributed by atoms with Crippen LogP contribution >= 0.6 is 0 Å². The highest BCUT2D eigenvalue weighted by molar-refractivity contribution is 5.89. The number of likely N-dealkylation sites (tertiary alicyclic amines) is 1. The largest absolute Gasteiger partial charge is 0.478 e. The summed E-state index contributed by atoms with van der Waals surface area (Å²) in [6.07, 6.45) is 9.10. The molecular formula is C23H33NO4. The van der Waals surface area contributed by atoms with Crippen LogP contribution in [0.5, 0.6) is 0 Å². The van der Waals surface area contributed by atoms with Crippen molar-refractivity contribution in [2.75, 3.05) is 13.1 Å². The molecular weight excluding hydrogens is 354 g/mol. The Bertz CT molecular complexity index is 660.